The van der Waals surface area contributed by atoms with Crippen LogP contribution in [0.15, 0.2) is 53.6 Å². The number of hydrogen-bond donors (Lipinski definition) is 2. The Balaban J connectivity index is 1.52. The van der Waals surface area contributed by atoms with Gasteiger partial charge in [-0.15, -0.1) is 6.42 Å². The first kappa shape index (κ1) is 17.5. The van der Waals surface area contributed by atoms with Gasteiger partial charge in [-0.1, -0.05) is 41.5 Å². The first-order chi connectivity index (χ1) is 12.8. The van der Waals surface area contributed by atoms with E-state index in [-0.39, 0.29) is 19.1 Å². The Hall–Kier alpha value is -3.37. The van der Waals surface area contributed by atoms with Crippen LogP contribution in [0.1, 0.15) is 5.56 Å². The number of fused-ring (bicyclic) bond motifs is 1. The minimum absolute atomic E-state index is 0.0758. The molecular formula is C19H16N4O2S. The van der Waals surface area contributed by atoms with Gasteiger partial charge in [0.05, 0.1) is 23.0 Å². The average Bonchev–Trinajstić information content (AvgIpc) is 3.08. The Morgan fingerprint density at radius 3 is 2.92 bits per heavy atom. The van der Waals surface area contributed by atoms with Gasteiger partial charge in [0.1, 0.15) is 12.4 Å². The molecule has 0 unspecified atom stereocenters. The van der Waals surface area contributed by atoms with E-state index in [2.05, 4.69) is 26.7 Å². The number of nitrogens with zero attached hydrogens (tertiary/aromatic N) is 2. The lowest BCUT2D eigenvalue weighted by Crippen LogP contribution is -2.25. The first-order valence-electron chi connectivity index (χ1n) is 7.83. The highest BCUT2D eigenvalue weighted by Crippen LogP contribution is 2.24. The van der Waals surface area contributed by atoms with Crippen molar-refractivity contribution in [2.24, 2.45) is 5.10 Å². The second-order valence-corrected chi connectivity index (χ2v) is 6.19. The van der Waals surface area contributed by atoms with Crippen molar-refractivity contribution in [3.05, 3.63) is 54.1 Å². The molecule has 0 saturated heterocycles. The van der Waals surface area contributed by atoms with Gasteiger partial charge in [0.2, 0.25) is 0 Å². The van der Waals surface area contributed by atoms with E-state index in [1.165, 1.54) is 17.6 Å². The number of amides is 1. The first-order valence-corrected chi connectivity index (χ1v) is 8.64. The topological polar surface area (TPSA) is 75.6 Å². The van der Waals surface area contributed by atoms with Gasteiger partial charge < -0.3 is 10.1 Å². The van der Waals surface area contributed by atoms with Crippen LogP contribution in [0.3, 0.4) is 0 Å². The van der Waals surface area contributed by atoms with Crippen LogP contribution in [-0.2, 0) is 4.79 Å². The summed E-state index contributed by atoms with van der Waals surface area (Å²) in [6.07, 6.45) is 6.71. The lowest BCUT2D eigenvalue weighted by molar-refractivity contribution is -0.119. The highest BCUT2D eigenvalue weighted by Gasteiger charge is 2.05. The summed E-state index contributed by atoms with van der Waals surface area (Å²) < 4.78 is 6.49. The van der Waals surface area contributed by atoms with E-state index >= 15 is 0 Å². The SMILES string of the molecule is C#CCOc1ccccc1/C=N\NC(=O)CNc1nc2ccccc2s1. The fraction of sp³-hybridized carbons (Fsp3) is 0.105. The van der Waals surface area contributed by atoms with Crippen LogP contribution < -0.4 is 15.5 Å². The summed E-state index contributed by atoms with van der Waals surface area (Å²) in [5.74, 6) is 2.74. The predicted octanol–water partition coefficient (Wildman–Crippen LogP) is 2.87. The summed E-state index contributed by atoms with van der Waals surface area (Å²) in [6, 6.07) is 15.1. The van der Waals surface area contributed by atoms with Crippen molar-refractivity contribution < 1.29 is 9.53 Å². The zero-order valence-electron chi connectivity index (χ0n) is 13.8. The van der Waals surface area contributed by atoms with Crippen LogP contribution in [0.25, 0.3) is 10.2 Å². The van der Waals surface area contributed by atoms with Gasteiger partial charge in [-0.25, -0.2) is 10.4 Å². The van der Waals surface area contributed by atoms with E-state index in [0.29, 0.717) is 10.9 Å². The van der Waals surface area contributed by atoms with Crippen molar-refractivity contribution in [2.75, 3.05) is 18.5 Å². The maximum atomic E-state index is 11.9. The zero-order valence-corrected chi connectivity index (χ0v) is 14.6. The number of nitrogens with one attached hydrogen (secondary N) is 2. The molecule has 0 fully saturated rings. The minimum atomic E-state index is -0.275. The zero-order chi connectivity index (χ0) is 18.2. The van der Waals surface area contributed by atoms with Crippen molar-refractivity contribution in [3.8, 4) is 18.1 Å². The molecule has 0 saturated carbocycles. The predicted molar refractivity (Wildman–Crippen MR) is 105 cm³/mol. The van der Waals surface area contributed by atoms with Crippen molar-refractivity contribution in [1.82, 2.24) is 10.4 Å². The number of terminal acetylenes is 1. The summed E-state index contributed by atoms with van der Waals surface area (Å²) in [5.41, 5.74) is 4.10. The Bertz CT molecular complexity index is 942. The molecule has 2 aromatic carbocycles. The number of aromatic nitrogens is 1. The number of para-hydroxylation sites is 2. The van der Waals surface area contributed by atoms with Crippen LogP contribution in [0.2, 0.25) is 0 Å². The number of benzene rings is 2. The fourth-order valence-corrected chi connectivity index (χ4v) is 3.02. The maximum absolute atomic E-state index is 11.9. The molecule has 7 heteroatoms. The molecule has 2 N–H and O–H groups in total. The number of carbonyl (C=O) groups excluding carboxylic acids is 1. The van der Waals surface area contributed by atoms with Crippen molar-refractivity contribution in [1.29, 1.82) is 0 Å². The van der Waals surface area contributed by atoms with Gasteiger partial charge in [-0.2, -0.15) is 5.10 Å². The number of anilines is 1. The molecule has 0 aliphatic rings. The summed E-state index contributed by atoms with van der Waals surface area (Å²) >= 11 is 1.50. The van der Waals surface area contributed by atoms with Gasteiger partial charge in [0.25, 0.3) is 5.91 Å². The third kappa shape index (κ3) is 4.59. The standard InChI is InChI=1S/C19H16N4O2S/c1-2-11-25-16-9-5-3-7-14(16)12-21-23-18(24)13-20-19-22-15-8-4-6-10-17(15)26-19/h1,3-10,12H,11,13H2,(H,20,22)(H,23,24)/b21-12-. The third-order valence-corrected chi connectivity index (χ3v) is 4.31. The number of carbonyl (C=O) groups is 1. The normalized spacial score (nSPS) is 10.6. The maximum Gasteiger partial charge on any atom is 0.259 e. The molecule has 130 valence electrons. The average molecular weight is 364 g/mol. The van der Waals surface area contributed by atoms with Gasteiger partial charge in [-0.3, -0.25) is 4.79 Å². The highest BCUT2D eigenvalue weighted by atomic mass is 32.1. The number of hydrazone groups is 1. The third-order valence-electron chi connectivity index (χ3n) is 3.32. The molecule has 0 aliphatic heterocycles. The molecule has 3 rings (SSSR count). The molecule has 0 radical (unpaired) electrons. The molecule has 6 nitrogen and oxygen atoms in total. The smallest absolute Gasteiger partial charge is 0.259 e. The lowest BCUT2D eigenvalue weighted by Gasteiger charge is -2.05. The Morgan fingerprint density at radius 1 is 1.27 bits per heavy atom. The Kier molecular flexibility index (Phi) is 5.80. The van der Waals surface area contributed by atoms with Gasteiger partial charge in [-0.05, 0) is 24.3 Å². The number of thiazole rings is 1. The summed E-state index contributed by atoms with van der Waals surface area (Å²) in [4.78, 5) is 16.3. The molecule has 0 spiro atoms. The van der Waals surface area contributed by atoms with Crippen molar-refractivity contribution in [2.45, 2.75) is 0 Å². The van der Waals surface area contributed by atoms with Crippen LogP contribution >= 0.6 is 11.3 Å². The highest BCUT2D eigenvalue weighted by molar-refractivity contribution is 7.22. The van der Waals surface area contributed by atoms with Crippen LogP contribution in [0.5, 0.6) is 5.75 Å². The van der Waals surface area contributed by atoms with Crippen LogP contribution in [-0.4, -0.2) is 30.3 Å². The van der Waals surface area contributed by atoms with E-state index in [4.69, 9.17) is 11.2 Å². The molecular weight excluding hydrogens is 348 g/mol. The summed E-state index contributed by atoms with van der Waals surface area (Å²) in [6.45, 7) is 0.246. The number of hydrogen-bond acceptors (Lipinski definition) is 6. The monoisotopic (exact) mass is 364 g/mol. The van der Waals surface area contributed by atoms with Gasteiger partial charge >= 0.3 is 0 Å². The minimum Gasteiger partial charge on any atom is -0.480 e. The van der Waals surface area contributed by atoms with E-state index in [0.717, 1.165) is 15.8 Å². The van der Waals surface area contributed by atoms with Crippen LogP contribution in [0, 0.1) is 12.3 Å². The van der Waals surface area contributed by atoms with E-state index in [9.17, 15) is 4.79 Å². The molecule has 1 aromatic heterocycles. The molecule has 0 atom stereocenters. The largest absolute Gasteiger partial charge is 0.480 e. The summed E-state index contributed by atoms with van der Waals surface area (Å²) in [7, 11) is 0. The summed E-state index contributed by atoms with van der Waals surface area (Å²) in [5, 5.41) is 7.64. The van der Waals surface area contributed by atoms with Gasteiger partial charge in [0.15, 0.2) is 5.13 Å². The molecule has 0 bridgehead atoms. The Labute approximate surface area is 154 Å². The quantitative estimate of drug-likeness (QED) is 0.384. The molecule has 0 aliphatic carbocycles. The second-order valence-electron chi connectivity index (χ2n) is 5.16. The van der Waals surface area contributed by atoms with Crippen molar-refractivity contribution >= 4 is 38.8 Å². The van der Waals surface area contributed by atoms with E-state index < -0.39 is 0 Å². The number of ether oxygens (including phenoxy) is 1. The molecule has 1 heterocycles. The molecule has 1 amide bonds. The Morgan fingerprint density at radius 2 is 2.08 bits per heavy atom. The second kappa shape index (κ2) is 8.65. The number of rotatable bonds is 7. The van der Waals surface area contributed by atoms with Crippen molar-refractivity contribution in [3.63, 3.8) is 0 Å². The molecule has 26 heavy (non-hydrogen) atoms. The van der Waals surface area contributed by atoms with E-state index in [1.54, 1.807) is 6.07 Å². The lowest BCUT2D eigenvalue weighted by atomic mass is 10.2. The molecule has 3 aromatic rings. The van der Waals surface area contributed by atoms with Gasteiger partial charge in [0, 0.05) is 5.56 Å². The van der Waals surface area contributed by atoms with E-state index in [1.807, 2.05) is 42.5 Å². The fourth-order valence-electron chi connectivity index (χ4n) is 2.16. The van der Waals surface area contributed by atoms with Crippen LogP contribution in [0.4, 0.5) is 5.13 Å².